The van der Waals surface area contributed by atoms with Gasteiger partial charge in [-0.25, -0.2) is 0 Å². The van der Waals surface area contributed by atoms with Gasteiger partial charge in [-0.2, -0.15) is 0 Å². The first-order valence-electron chi connectivity index (χ1n) is 4.12. The van der Waals surface area contributed by atoms with Gasteiger partial charge in [0.15, 0.2) is 0 Å². The van der Waals surface area contributed by atoms with Gasteiger partial charge >= 0.3 is 6.00 Å². The van der Waals surface area contributed by atoms with Crippen LogP contribution in [0.25, 0.3) is 0 Å². The molecule has 0 bridgehead atoms. The number of hydrogen-bond acceptors (Lipinski definition) is 0. The fourth-order valence-electron chi connectivity index (χ4n) is 1.37. The number of aryl methyl sites for hydroxylation is 2. The van der Waals surface area contributed by atoms with Crippen LogP contribution in [0.4, 0.5) is 0 Å². The molecule has 0 spiro atoms. The highest BCUT2D eigenvalue weighted by molar-refractivity contribution is 7.64. The van der Waals surface area contributed by atoms with Crippen molar-refractivity contribution in [3.63, 3.8) is 0 Å². The molecular weight excluding hydrogens is 278 g/mol. The van der Waals surface area contributed by atoms with Crippen LogP contribution in [0.1, 0.15) is 16.7 Å². The van der Waals surface area contributed by atoms with Crippen LogP contribution in [0.3, 0.4) is 0 Å². The van der Waals surface area contributed by atoms with Crippen LogP contribution in [0.2, 0.25) is 5.02 Å². The van der Waals surface area contributed by atoms with Crippen molar-refractivity contribution >= 4 is 50.8 Å². The SMILES string of the molecule is Cc1cc(C[Si](Cl)(Cl)Cl)cc(C)c1Cl. The van der Waals surface area contributed by atoms with E-state index in [1.54, 1.807) is 0 Å². The molecule has 0 atom stereocenters. The topological polar surface area (TPSA) is 0 Å². The van der Waals surface area contributed by atoms with E-state index in [4.69, 9.17) is 44.8 Å². The van der Waals surface area contributed by atoms with Crippen LogP contribution < -0.4 is 0 Å². The molecule has 0 N–H and O–H groups in total. The van der Waals surface area contributed by atoms with Gasteiger partial charge in [0.1, 0.15) is 0 Å². The molecule has 1 aromatic carbocycles. The Hall–Kier alpha value is 0.597. The Balaban J connectivity index is 3.02. The second kappa shape index (κ2) is 4.63. The van der Waals surface area contributed by atoms with E-state index in [0.29, 0.717) is 6.04 Å². The molecule has 0 fully saturated rings. The summed E-state index contributed by atoms with van der Waals surface area (Å²) in [4.78, 5) is 0. The third kappa shape index (κ3) is 3.63. The third-order valence-electron chi connectivity index (χ3n) is 1.90. The highest BCUT2D eigenvalue weighted by Gasteiger charge is 2.25. The molecule has 0 amide bonds. The number of benzene rings is 1. The van der Waals surface area contributed by atoms with Crippen LogP contribution in [0.15, 0.2) is 12.1 Å². The minimum absolute atomic E-state index is 0.538. The summed E-state index contributed by atoms with van der Waals surface area (Å²) in [5, 5.41) is 0.791. The molecule has 0 nitrogen and oxygen atoms in total. The second-order valence-electron chi connectivity index (χ2n) is 3.34. The molecule has 0 aliphatic carbocycles. The number of rotatable bonds is 2. The highest BCUT2D eigenvalue weighted by atomic mass is 35.8. The van der Waals surface area contributed by atoms with Gasteiger partial charge in [0, 0.05) is 11.1 Å². The minimum atomic E-state index is -2.59. The lowest BCUT2D eigenvalue weighted by atomic mass is 10.1. The normalized spacial score (nSPS) is 11.9. The first kappa shape index (κ1) is 12.7. The predicted octanol–water partition coefficient (Wildman–Crippen LogP) is 4.69. The zero-order valence-corrected chi connectivity index (χ0v) is 11.9. The lowest BCUT2D eigenvalue weighted by Crippen LogP contribution is -2.14. The average Bonchev–Trinajstić information content (AvgIpc) is 1.96. The van der Waals surface area contributed by atoms with Crippen molar-refractivity contribution in [1.82, 2.24) is 0 Å². The van der Waals surface area contributed by atoms with E-state index in [-0.39, 0.29) is 0 Å². The van der Waals surface area contributed by atoms with Crippen molar-refractivity contribution < 1.29 is 0 Å². The van der Waals surface area contributed by atoms with Crippen molar-refractivity contribution in [2.24, 2.45) is 0 Å². The van der Waals surface area contributed by atoms with E-state index >= 15 is 0 Å². The molecule has 5 heteroatoms. The van der Waals surface area contributed by atoms with Gasteiger partial charge in [0.2, 0.25) is 0 Å². The van der Waals surface area contributed by atoms with E-state index in [9.17, 15) is 0 Å². The minimum Gasteiger partial charge on any atom is -0.126 e. The molecule has 0 aliphatic heterocycles. The fourth-order valence-corrected chi connectivity index (χ4v) is 3.53. The predicted molar refractivity (Wildman–Crippen MR) is 67.9 cm³/mol. The second-order valence-corrected chi connectivity index (χ2v) is 12.8. The average molecular weight is 288 g/mol. The Morgan fingerprint density at radius 1 is 1.07 bits per heavy atom. The van der Waals surface area contributed by atoms with Crippen molar-refractivity contribution in [2.75, 3.05) is 0 Å². The summed E-state index contributed by atoms with van der Waals surface area (Å²) < 4.78 is 0. The van der Waals surface area contributed by atoms with E-state index in [0.717, 1.165) is 21.7 Å². The fraction of sp³-hybridized carbons (Fsp3) is 0.333. The molecule has 0 heterocycles. The zero-order chi connectivity index (χ0) is 10.9. The molecule has 0 saturated carbocycles. The summed E-state index contributed by atoms with van der Waals surface area (Å²) >= 11 is 23.6. The quantitative estimate of drug-likeness (QED) is 0.547. The summed E-state index contributed by atoms with van der Waals surface area (Å²) in [6, 6.07) is 1.90. The molecule has 78 valence electrons. The third-order valence-corrected chi connectivity index (χ3v) is 4.51. The maximum atomic E-state index is 6.03. The van der Waals surface area contributed by atoms with E-state index in [1.807, 2.05) is 26.0 Å². The van der Waals surface area contributed by atoms with E-state index < -0.39 is 6.00 Å². The van der Waals surface area contributed by atoms with Gasteiger partial charge in [0.25, 0.3) is 0 Å². The Morgan fingerprint density at radius 2 is 1.50 bits per heavy atom. The van der Waals surface area contributed by atoms with Gasteiger partial charge in [-0.05, 0) is 30.5 Å². The van der Waals surface area contributed by atoms with Gasteiger partial charge in [-0.15, -0.1) is 33.2 Å². The summed E-state index contributed by atoms with van der Waals surface area (Å²) in [5.74, 6) is 0. The zero-order valence-electron chi connectivity index (χ0n) is 7.87. The number of hydrogen-bond donors (Lipinski definition) is 0. The van der Waals surface area contributed by atoms with Crippen LogP contribution in [-0.2, 0) is 6.04 Å². The summed E-state index contributed by atoms with van der Waals surface area (Å²) in [6.07, 6.45) is 0. The summed E-state index contributed by atoms with van der Waals surface area (Å²) in [5.41, 5.74) is 3.12. The standard InChI is InChI=1S/C9H10Cl4Si/c1-6-3-8(5-14(11,12)13)4-7(2)9(6)10/h3-4H,5H2,1-2H3. The van der Waals surface area contributed by atoms with Gasteiger partial charge in [-0.3, -0.25) is 0 Å². The molecule has 0 unspecified atom stereocenters. The molecule has 14 heavy (non-hydrogen) atoms. The van der Waals surface area contributed by atoms with E-state index in [1.165, 1.54) is 0 Å². The maximum absolute atomic E-state index is 6.03. The van der Waals surface area contributed by atoms with Crippen LogP contribution in [0, 0.1) is 13.8 Å². The molecule has 0 aliphatic rings. The monoisotopic (exact) mass is 286 g/mol. The van der Waals surface area contributed by atoms with Crippen LogP contribution in [-0.4, -0.2) is 6.00 Å². The van der Waals surface area contributed by atoms with Crippen LogP contribution in [0.5, 0.6) is 0 Å². The Morgan fingerprint density at radius 3 is 1.86 bits per heavy atom. The highest BCUT2D eigenvalue weighted by Crippen LogP contribution is 2.28. The molecule has 0 radical (unpaired) electrons. The Kier molecular flexibility index (Phi) is 4.18. The van der Waals surface area contributed by atoms with Crippen LogP contribution >= 0.6 is 44.8 Å². The number of halogens is 4. The summed E-state index contributed by atoms with van der Waals surface area (Å²) in [6.45, 7) is 3.91. The molecule has 0 aromatic heterocycles. The Bertz CT molecular complexity index is 320. The first-order valence-corrected chi connectivity index (χ1v) is 9.74. The molecule has 1 aromatic rings. The smallest absolute Gasteiger partial charge is 0.126 e. The molecule has 1 rings (SSSR count). The van der Waals surface area contributed by atoms with Gasteiger partial charge in [-0.1, -0.05) is 23.7 Å². The van der Waals surface area contributed by atoms with Crippen molar-refractivity contribution in [3.8, 4) is 0 Å². The Labute approximate surface area is 104 Å². The van der Waals surface area contributed by atoms with Gasteiger partial charge in [0.05, 0.1) is 0 Å². The van der Waals surface area contributed by atoms with Crippen molar-refractivity contribution in [1.29, 1.82) is 0 Å². The lowest BCUT2D eigenvalue weighted by molar-refractivity contribution is 1.29. The van der Waals surface area contributed by atoms with Gasteiger partial charge < -0.3 is 0 Å². The maximum Gasteiger partial charge on any atom is 0.345 e. The van der Waals surface area contributed by atoms with Crippen molar-refractivity contribution in [2.45, 2.75) is 19.9 Å². The molecule has 0 saturated heterocycles. The van der Waals surface area contributed by atoms with Crippen molar-refractivity contribution in [3.05, 3.63) is 33.8 Å². The van der Waals surface area contributed by atoms with E-state index in [2.05, 4.69) is 0 Å². The summed E-state index contributed by atoms with van der Waals surface area (Å²) in [7, 11) is 0. The lowest BCUT2D eigenvalue weighted by Gasteiger charge is -2.11. The largest absolute Gasteiger partial charge is 0.345 e. The first-order chi connectivity index (χ1) is 6.29. The molecular formula is C9H10Cl4Si.